The van der Waals surface area contributed by atoms with Crippen LogP contribution in [0.25, 0.3) is 0 Å². The van der Waals surface area contributed by atoms with Crippen molar-refractivity contribution < 1.29 is 18.7 Å². The van der Waals surface area contributed by atoms with Crippen molar-refractivity contribution in [3.05, 3.63) is 83.2 Å². The topological polar surface area (TPSA) is 57.6 Å². The highest BCUT2D eigenvalue weighted by atomic mass is 19.1. The zero-order chi connectivity index (χ0) is 26.8. The first-order valence-corrected chi connectivity index (χ1v) is 12.8. The van der Waals surface area contributed by atoms with Crippen molar-refractivity contribution in [2.75, 3.05) is 50.2 Å². The zero-order valence-electron chi connectivity index (χ0n) is 22.3. The van der Waals surface area contributed by atoms with Crippen molar-refractivity contribution >= 4 is 29.0 Å². The average molecular weight is 517 g/mol. The lowest BCUT2D eigenvalue weighted by Gasteiger charge is -2.45. The van der Waals surface area contributed by atoms with Crippen LogP contribution in [0.3, 0.4) is 0 Å². The summed E-state index contributed by atoms with van der Waals surface area (Å²) < 4.78 is 26.0. The van der Waals surface area contributed by atoms with E-state index in [0.29, 0.717) is 30.4 Å². The van der Waals surface area contributed by atoms with Crippen LogP contribution in [-0.2, 0) is 9.53 Å². The Labute approximate surface area is 223 Å². The summed E-state index contributed by atoms with van der Waals surface area (Å²) in [6.07, 6.45) is 0.0341. The summed E-state index contributed by atoms with van der Waals surface area (Å²) in [5, 5.41) is 0. The maximum absolute atomic E-state index is 15.2. The van der Waals surface area contributed by atoms with E-state index >= 15 is 4.39 Å². The van der Waals surface area contributed by atoms with Crippen molar-refractivity contribution in [1.29, 1.82) is 0 Å². The second kappa shape index (κ2) is 10.7. The molecule has 3 aromatic carbocycles. The number of nitrogens with zero attached hydrogens (tertiary/aromatic N) is 4. The molecule has 2 heterocycles. The van der Waals surface area contributed by atoms with Crippen molar-refractivity contribution in [2.45, 2.75) is 26.3 Å². The molecule has 5 rings (SSSR count). The van der Waals surface area contributed by atoms with E-state index in [1.807, 2.05) is 36.1 Å². The van der Waals surface area contributed by atoms with Gasteiger partial charge in [-0.2, -0.15) is 0 Å². The Morgan fingerprint density at radius 3 is 2.37 bits per heavy atom. The number of halogens is 1. The summed E-state index contributed by atoms with van der Waals surface area (Å²) in [6.45, 7) is 7.04. The first kappa shape index (κ1) is 25.6. The van der Waals surface area contributed by atoms with Gasteiger partial charge < -0.3 is 24.2 Å². The molecule has 8 heteroatoms. The van der Waals surface area contributed by atoms with Gasteiger partial charge in [0.05, 0.1) is 32.4 Å². The van der Waals surface area contributed by atoms with Crippen LogP contribution in [0.5, 0.6) is 5.75 Å². The van der Waals surface area contributed by atoms with Crippen LogP contribution in [-0.4, -0.2) is 57.2 Å². The number of hydrogen-bond acceptors (Lipinski definition) is 7. The number of methoxy groups -OCH3 is 2. The Balaban J connectivity index is 1.59. The second-order valence-electron chi connectivity index (χ2n) is 9.74. The predicted octanol–water partition coefficient (Wildman–Crippen LogP) is 5.39. The Morgan fingerprint density at radius 1 is 0.947 bits per heavy atom. The van der Waals surface area contributed by atoms with E-state index in [4.69, 9.17) is 14.5 Å². The molecule has 7 nitrogen and oxygen atoms in total. The summed E-state index contributed by atoms with van der Waals surface area (Å²) in [7, 11) is 2.99. The first-order valence-electron chi connectivity index (χ1n) is 12.8. The van der Waals surface area contributed by atoms with E-state index in [1.54, 1.807) is 13.2 Å². The maximum Gasteiger partial charge on any atom is 0.307 e. The molecule has 198 valence electrons. The van der Waals surface area contributed by atoms with Gasteiger partial charge in [0.25, 0.3) is 0 Å². The van der Waals surface area contributed by atoms with Gasteiger partial charge in [0.1, 0.15) is 17.3 Å². The molecule has 1 fully saturated rings. The molecule has 0 radical (unpaired) electrons. The number of carbonyl (C=O) groups is 1. The molecular weight excluding hydrogens is 483 g/mol. The van der Waals surface area contributed by atoms with Gasteiger partial charge in [-0.15, -0.1) is 0 Å². The van der Waals surface area contributed by atoms with Crippen LogP contribution in [0.15, 0.2) is 65.7 Å². The van der Waals surface area contributed by atoms with Gasteiger partial charge in [0.15, 0.2) is 0 Å². The average Bonchev–Trinajstić information content (AvgIpc) is 2.93. The fourth-order valence-electron chi connectivity index (χ4n) is 5.27. The Kier molecular flexibility index (Phi) is 7.22. The van der Waals surface area contributed by atoms with Crippen LogP contribution < -0.4 is 14.5 Å². The van der Waals surface area contributed by atoms with Crippen molar-refractivity contribution in [3.63, 3.8) is 0 Å². The van der Waals surface area contributed by atoms with Crippen LogP contribution in [0, 0.1) is 19.7 Å². The van der Waals surface area contributed by atoms with E-state index in [-0.39, 0.29) is 18.1 Å². The molecule has 1 saturated heterocycles. The van der Waals surface area contributed by atoms with Crippen LogP contribution in [0.4, 0.5) is 21.5 Å². The lowest BCUT2D eigenvalue weighted by atomic mass is 9.96. The summed E-state index contributed by atoms with van der Waals surface area (Å²) >= 11 is 0. The molecule has 38 heavy (non-hydrogen) atoms. The largest absolute Gasteiger partial charge is 0.495 e. The third-order valence-corrected chi connectivity index (χ3v) is 7.23. The smallest absolute Gasteiger partial charge is 0.307 e. The third kappa shape index (κ3) is 4.90. The molecule has 1 unspecified atom stereocenters. The van der Waals surface area contributed by atoms with Crippen LogP contribution >= 0.6 is 0 Å². The molecule has 1 atom stereocenters. The molecule has 0 aromatic heterocycles. The number of fused-ring (bicyclic) bond motifs is 1. The number of hydrogen-bond donors (Lipinski definition) is 0. The van der Waals surface area contributed by atoms with Gasteiger partial charge in [-0.25, -0.2) is 9.38 Å². The number of esters is 1. The minimum Gasteiger partial charge on any atom is -0.495 e. The first-order chi connectivity index (χ1) is 18.4. The minimum atomic E-state index is -0.522. The second-order valence-corrected chi connectivity index (χ2v) is 9.74. The number of piperazine rings is 1. The van der Waals surface area contributed by atoms with Crippen molar-refractivity contribution in [2.24, 2.45) is 4.99 Å². The van der Waals surface area contributed by atoms with Gasteiger partial charge in [0.2, 0.25) is 5.96 Å². The van der Waals surface area contributed by atoms with E-state index < -0.39 is 11.9 Å². The van der Waals surface area contributed by atoms with E-state index in [1.165, 1.54) is 24.4 Å². The molecule has 0 saturated carbocycles. The number of aliphatic imine (C=N–C) groups is 1. The zero-order valence-corrected chi connectivity index (χ0v) is 22.3. The molecule has 0 aliphatic carbocycles. The highest BCUT2D eigenvalue weighted by Crippen LogP contribution is 2.44. The molecular formula is C30H33FN4O3. The Morgan fingerprint density at radius 2 is 1.66 bits per heavy atom. The van der Waals surface area contributed by atoms with Crippen molar-refractivity contribution in [3.8, 4) is 5.75 Å². The lowest BCUT2D eigenvalue weighted by Crippen LogP contribution is -2.55. The van der Waals surface area contributed by atoms with Gasteiger partial charge in [-0.05, 0) is 55.3 Å². The molecule has 2 aliphatic heterocycles. The van der Waals surface area contributed by atoms with Crippen LogP contribution in [0.2, 0.25) is 0 Å². The fraction of sp³-hybridized carbons (Fsp3) is 0.333. The fourth-order valence-corrected chi connectivity index (χ4v) is 5.27. The molecule has 0 N–H and O–H groups in total. The molecule has 0 bridgehead atoms. The number of anilines is 2. The molecule has 0 amide bonds. The van der Waals surface area contributed by atoms with Gasteiger partial charge in [-0.3, -0.25) is 4.79 Å². The van der Waals surface area contributed by atoms with Gasteiger partial charge in [0, 0.05) is 37.4 Å². The number of guanidine groups is 1. The van der Waals surface area contributed by atoms with E-state index in [2.05, 4.69) is 41.0 Å². The Hall–Kier alpha value is -4.07. The highest BCUT2D eigenvalue weighted by Gasteiger charge is 2.38. The quantitative estimate of drug-likeness (QED) is 0.424. The normalized spacial score (nSPS) is 17.1. The number of ether oxygens (including phenoxy) is 2. The van der Waals surface area contributed by atoms with E-state index in [0.717, 1.165) is 24.3 Å². The van der Waals surface area contributed by atoms with Gasteiger partial charge in [-0.1, -0.05) is 30.3 Å². The molecule has 3 aromatic rings. The third-order valence-electron chi connectivity index (χ3n) is 7.23. The summed E-state index contributed by atoms with van der Waals surface area (Å²) in [4.78, 5) is 24.1. The lowest BCUT2D eigenvalue weighted by molar-refractivity contribution is -0.141. The Bertz CT molecular complexity index is 1370. The standard InChI is InChI=1S/C30H33FN4O3/c1-20-7-5-8-22(17-20)33-13-15-34(16-14-33)30-32-29-23(9-6-10-24(29)31)25(19-28(36)38-4)35(30)26-18-21(2)11-12-27(26)37-3/h5-12,17-18,25H,13-16,19H2,1-4H3. The number of rotatable bonds is 5. The minimum absolute atomic E-state index is 0.0341. The summed E-state index contributed by atoms with van der Waals surface area (Å²) in [6, 6.07) is 18.8. The highest BCUT2D eigenvalue weighted by molar-refractivity contribution is 6.02. The van der Waals surface area contributed by atoms with E-state index in [9.17, 15) is 4.79 Å². The van der Waals surface area contributed by atoms with Crippen LogP contribution in [0.1, 0.15) is 29.2 Å². The summed E-state index contributed by atoms with van der Waals surface area (Å²) in [5.41, 5.74) is 5.12. The number of benzene rings is 3. The molecule has 2 aliphatic rings. The summed E-state index contributed by atoms with van der Waals surface area (Å²) in [5.74, 6) is 0.456. The predicted molar refractivity (Wildman–Crippen MR) is 148 cm³/mol. The maximum atomic E-state index is 15.2. The monoisotopic (exact) mass is 516 g/mol. The number of carbonyl (C=O) groups excluding carboxylic acids is 1. The SMILES string of the molecule is COC(=O)CC1c2cccc(F)c2N=C(N2CCN(c3cccc(C)c3)CC2)N1c1cc(C)ccc1OC. The number of para-hydroxylation sites is 1. The van der Waals surface area contributed by atoms with Gasteiger partial charge >= 0.3 is 5.97 Å². The number of aryl methyl sites for hydroxylation is 2. The van der Waals surface area contributed by atoms with Crippen molar-refractivity contribution in [1.82, 2.24) is 4.90 Å². The molecule has 0 spiro atoms.